The molecule has 0 fully saturated rings. The van der Waals surface area contributed by atoms with Crippen LogP contribution in [0.25, 0.3) is 11.1 Å². The summed E-state index contributed by atoms with van der Waals surface area (Å²) in [6.45, 7) is 0. The molecule has 3 aromatic rings. The lowest BCUT2D eigenvalue weighted by atomic mass is 10.0. The van der Waals surface area contributed by atoms with Crippen LogP contribution in [0.1, 0.15) is 28.0 Å². The summed E-state index contributed by atoms with van der Waals surface area (Å²) in [6, 6.07) is 10.8. The highest BCUT2D eigenvalue weighted by molar-refractivity contribution is 6.06. The molecular formula is C19H14F5N3O. The van der Waals surface area contributed by atoms with Crippen molar-refractivity contribution in [3.8, 4) is 11.1 Å². The third-order valence-electron chi connectivity index (χ3n) is 3.98. The molecule has 9 heteroatoms. The van der Waals surface area contributed by atoms with Crippen LogP contribution in [-0.4, -0.2) is 15.7 Å². The van der Waals surface area contributed by atoms with E-state index in [1.165, 1.54) is 31.3 Å². The molecule has 1 amide bonds. The smallest absolute Gasteiger partial charge is 0.321 e. The largest absolute Gasteiger partial charge is 0.416 e. The third-order valence-corrected chi connectivity index (χ3v) is 3.98. The van der Waals surface area contributed by atoms with E-state index in [2.05, 4.69) is 10.4 Å². The molecule has 0 radical (unpaired) electrons. The van der Waals surface area contributed by atoms with E-state index >= 15 is 0 Å². The van der Waals surface area contributed by atoms with Crippen molar-refractivity contribution < 1.29 is 26.7 Å². The van der Waals surface area contributed by atoms with Gasteiger partial charge in [0, 0.05) is 24.5 Å². The number of benzene rings is 2. The van der Waals surface area contributed by atoms with Crippen LogP contribution in [0.2, 0.25) is 0 Å². The maximum Gasteiger partial charge on any atom is 0.416 e. The summed E-state index contributed by atoms with van der Waals surface area (Å²) in [5, 5.41) is 6.06. The minimum absolute atomic E-state index is 0.191. The van der Waals surface area contributed by atoms with Crippen LogP contribution in [0.15, 0.2) is 54.7 Å². The van der Waals surface area contributed by atoms with Gasteiger partial charge in [-0.2, -0.15) is 18.3 Å². The number of carbonyl (C=O) groups excluding carboxylic acids is 1. The number of aromatic nitrogens is 2. The van der Waals surface area contributed by atoms with Gasteiger partial charge < -0.3 is 5.32 Å². The summed E-state index contributed by atoms with van der Waals surface area (Å²) in [5.41, 5.74) is -1.07. The molecule has 0 bridgehead atoms. The average Bonchev–Trinajstić information content (AvgIpc) is 3.04. The van der Waals surface area contributed by atoms with Crippen LogP contribution in [0.4, 0.5) is 27.6 Å². The predicted molar refractivity (Wildman–Crippen MR) is 93.0 cm³/mol. The molecule has 4 nitrogen and oxygen atoms in total. The van der Waals surface area contributed by atoms with Gasteiger partial charge in [-0.15, -0.1) is 0 Å². The molecule has 0 saturated heterocycles. The zero-order valence-corrected chi connectivity index (χ0v) is 14.5. The highest BCUT2D eigenvalue weighted by Crippen LogP contribution is 2.34. The Hall–Kier alpha value is -3.23. The van der Waals surface area contributed by atoms with Gasteiger partial charge in [-0.25, -0.2) is 8.78 Å². The van der Waals surface area contributed by atoms with Gasteiger partial charge in [0.2, 0.25) is 0 Å². The number of alkyl halides is 5. The van der Waals surface area contributed by atoms with Gasteiger partial charge in [-0.1, -0.05) is 30.3 Å². The molecule has 0 aliphatic carbocycles. The van der Waals surface area contributed by atoms with E-state index in [0.717, 1.165) is 23.0 Å². The Morgan fingerprint density at radius 1 is 1.11 bits per heavy atom. The maximum absolute atomic E-state index is 13.1. The Balaban J connectivity index is 1.97. The molecule has 1 N–H and O–H groups in total. The van der Waals surface area contributed by atoms with Crippen molar-refractivity contribution in [3.05, 3.63) is 71.5 Å². The van der Waals surface area contributed by atoms with Crippen LogP contribution in [-0.2, 0) is 13.2 Å². The molecule has 2 aromatic carbocycles. The monoisotopic (exact) mass is 395 g/mol. The summed E-state index contributed by atoms with van der Waals surface area (Å²) in [5.74, 6) is -0.831. The standard InChI is InChI=1S/C19H14F5N3O/c1-27-10-14(16(26-27)17(20)21)18(28)25-15-8-3-2-7-13(15)11-5-4-6-12(9-11)19(22,23)24/h2-10,17H,1H3,(H,25,28). The van der Waals surface area contributed by atoms with Gasteiger partial charge in [-0.05, 0) is 23.8 Å². The fourth-order valence-corrected chi connectivity index (χ4v) is 2.74. The van der Waals surface area contributed by atoms with E-state index in [9.17, 15) is 26.7 Å². The number of hydrogen-bond acceptors (Lipinski definition) is 2. The molecular weight excluding hydrogens is 381 g/mol. The average molecular weight is 395 g/mol. The van der Waals surface area contributed by atoms with Gasteiger partial charge >= 0.3 is 6.18 Å². The molecule has 0 spiro atoms. The molecule has 28 heavy (non-hydrogen) atoms. The maximum atomic E-state index is 13.1. The number of nitrogens with zero attached hydrogens (tertiary/aromatic N) is 2. The zero-order valence-electron chi connectivity index (χ0n) is 14.5. The molecule has 0 aliphatic heterocycles. The number of hydrogen-bond donors (Lipinski definition) is 1. The Morgan fingerprint density at radius 3 is 2.50 bits per heavy atom. The van der Waals surface area contributed by atoms with Crippen molar-refractivity contribution in [2.45, 2.75) is 12.6 Å². The van der Waals surface area contributed by atoms with E-state index in [1.807, 2.05) is 0 Å². The second-order valence-corrected chi connectivity index (χ2v) is 5.98. The second kappa shape index (κ2) is 7.41. The Bertz CT molecular complexity index is 1010. The fourth-order valence-electron chi connectivity index (χ4n) is 2.74. The second-order valence-electron chi connectivity index (χ2n) is 5.98. The Labute approximate surface area is 156 Å². The van der Waals surface area contributed by atoms with Crippen molar-refractivity contribution in [1.82, 2.24) is 9.78 Å². The van der Waals surface area contributed by atoms with Crippen LogP contribution in [0.5, 0.6) is 0 Å². The summed E-state index contributed by atoms with van der Waals surface area (Å²) in [7, 11) is 1.40. The molecule has 0 saturated carbocycles. The lowest BCUT2D eigenvalue weighted by Gasteiger charge is -2.13. The number of halogens is 5. The van der Waals surface area contributed by atoms with E-state index in [-0.39, 0.29) is 16.8 Å². The van der Waals surface area contributed by atoms with Gasteiger partial charge in [-0.3, -0.25) is 9.48 Å². The molecule has 1 aromatic heterocycles. The molecule has 146 valence electrons. The minimum atomic E-state index is -4.52. The van der Waals surface area contributed by atoms with Crippen molar-refractivity contribution in [2.24, 2.45) is 7.05 Å². The quantitative estimate of drug-likeness (QED) is 0.610. The SMILES string of the molecule is Cn1cc(C(=O)Nc2ccccc2-c2cccc(C(F)(F)F)c2)c(C(F)F)n1. The van der Waals surface area contributed by atoms with Crippen molar-refractivity contribution in [2.75, 3.05) is 5.32 Å². The Morgan fingerprint density at radius 2 is 1.82 bits per heavy atom. The number of para-hydroxylation sites is 1. The highest BCUT2D eigenvalue weighted by atomic mass is 19.4. The van der Waals surface area contributed by atoms with Gasteiger partial charge in [0.15, 0.2) is 0 Å². The van der Waals surface area contributed by atoms with E-state index in [1.54, 1.807) is 12.1 Å². The molecule has 1 heterocycles. The summed E-state index contributed by atoms with van der Waals surface area (Å²) in [6.07, 6.45) is -6.31. The van der Waals surface area contributed by atoms with Crippen molar-refractivity contribution >= 4 is 11.6 Å². The first-order chi connectivity index (χ1) is 13.2. The van der Waals surface area contributed by atoms with Gasteiger partial charge in [0.1, 0.15) is 5.69 Å². The molecule has 3 rings (SSSR count). The first-order valence-electron chi connectivity index (χ1n) is 8.06. The minimum Gasteiger partial charge on any atom is -0.321 e. The van der Waals surface area contributed by atoms with Gasteiger partial charge in [0.25, 0.3) is 12.3 Å². The highest BCUT2D eigenvalue weighted by Gasteiger charge is 2.30. The predicted octanol–water partition coefficient (Wildman–Crippen LogP) is 5.30. The van der Waals surface area contributed by atoms with Gasteiger partial charge in [0.05, 0.1) is 11.1 Å². The fraction of sp³-hybridized carbons (Fsp3) is 0.158. The lowest BCUT2D eigenvalue weighted by molar-refractivity contribution is -0.137. The van der Waals surface area contributed by atoms with Crippen LogP contribution < -0.4 is 5.32 Å². The van der Waals surface area contributed by atoms with Crippen molar-refractivity contribution in [1.29, 1.82) is 0 Å². The van der Waals surface area contributed by atoms with Crippen LogP contribution >= 0.6 is 0 Å². The number of carbonyl (C=O) groups is 1. The van der Waals surface area contributed by atoms with E-state index in [4.69, 9.17) is 0 Å². The van der Waals surface area contributed by atoms with E-state index < -0.39 is 29.8 Å². The number of rotatable bonds is 4. The van der Waals surface area contributed by atoms with Crippen LogP contribution in [0, 0.1) is 0 Å². The Kier molecular flexibility index (Phi) is 5.17. The first-order valence-corrected chi connectivity index (χ1v) is 8.06. The van der Waals surface area contributed by atoms with E-state index in [0.29, 0.717) is 5.56 Å². The normalized spacial score (nSPS) is 11.7. The lowest BCUT2D eigenvalue weighted by Crippen LogP contribution is -2.14. The molecule has 0 aliphatic rings. The summed E-state index contributed by atoms with van der Waals surface area (Å²) >= 11 is 0. The number of anilines is 1. The summed E-state index contributed by atoms with van der Waals surface area (Å²) < 4.78 is 66.2. The zero-order chi connectivity index (χ0) is 20.5. The van der Waals surface area contributed by atoms with Crippen LogP contribution in [0.3, 0.4) is 0 Å². The molecule has 0 unspecified atom stereocenters. The molecule has 0 atom stereocenters. The number of aryl methyl sites for hydroxylation is 1. The van der Waals surface area contributed by atoms with Crippen molar-refractivity contribution in [3.63, 3.8) is 0 Å². The number of nitrogens with one attached hydrogen (secondary N) is 1. The number of amides is 1. The third kappa shape index (κ3) is 4.03. The topological polar surface area (TPSA) is 46.9 Å². The first kappa shape index (κ1) is 19.5. The summed E-state index contributed by atoms with van der Waals surface area (Å²) in [4.78, 5) is 12.5.